The number of aromatic nitrogens is 2. The topological polar surface area (TPSA) is 25.8 Å². The molecule has 2 heterocycles. The van der Waals surface area contributed by atoms with Gasteiger partial charge in [-0.3, -0.25) is 9.97 Å². The third-order valence-corrected chi connectivity index (χ3v) is 5.94. The van der Waals surface area contributed by atoms with E-state index in [1.165, 1.54) is 21.5 Å². The second kappa shape index (κ2) is 7.75. The first-order valence-corrected chi connectivity index (χ1v) is 10.8. The standard InChI is InChI=1S/C30H20N2/c1-3-11-23-19-27(29-13-5-7-15-31-29)25(17-21(23)9-1)26-18-22-10-2-4-12-24(22)20-28(26)30-14-6-8-16-32-30/h1-20H. The van der Waals surface area contributed by atoms with Gasteiger partial charge in [-0.1, -0.05) is 60.7 Å². The average Bonchev–Trinajstić information content (AvgIpc) is 2.88. The number of hydrogen-bond donors (Lipinski definition) is 0. The number of nitrogens with zero attached hydrogens (tertiary/aromatic N) is 2. The fourth-order valence-corrected chi connectivity index (χ4v) is 4.39. The van der Waals surface area contributed by atoms with Crippen LogP contribution in [0, 0.1) is 0 Å². The van der Waals surface area contributed by atoms with E-state index < -0.39 is 0 Å². The zero-order chi connectivity index (χ0) is 21.3. The Bertz CT molecular complexity index is 1430. The monoisotopic (exact) mass is 408 g/mol. The van der Waals surface area contributed by atoms with E-state index >= 15 is 0 Å². The van der Waals surface area contributed by atoms with Crippen molar-refractivity contribution < 1.29 is 0 Å². The van der Waals surface area contributed by atoms with E-state index in [1.807, 2.05) is 36.7 Å². The van der Waals surface area contributed by atoms with Gasteiger partial charge in [-0.2, -0.15) is 0 Å². The van der Waals surface area contributed by atoms with Crippen molar-refractivity contribution in [2.75, 3.05) is 0 Å². The summed E-state index contributed by atoms with van der Waals surface area (Å²) in [6, 6.07) is 38.2. The highest BCUT2D eigenvalue weighted by molar-refractivity contribution is 6.02. The van der Waals surface area contributed by atoms with Crippen molar-refractivity contribution in [2.45, 2.75) is 0 Å². The molecule has 0 aliphatic heterocycles. The van der Waals surface area contributed by atoms with Crippen LogP contribution >= 0.6 is 0 Å². The minimum absolute atomic E-state index is 0.966. The smallest absolute Gasteiger partial charge is 0.0708 e. The zero-order valence-electron chi connectivity index (χ0n) is 17.4. The highest BCUT2D eigenvalue weighted by Crippen LogP contribution is 2.41. The molecule has 0 bridgehead atoms. The number of rotatable bonds is 3. The second-order valence-corrected chi connectivity index (χ2v) is 7.92. The van der Waals surface area contributed by atoms with Crippen molar-refractivity contribution in [1.82, 2.24) is 9.97 Å². The fourth-order valence-electron chi connectivity index (χ4n) is 4.39. The zero-order valence-corrected chi connectivity index (χ0v) is 17.4. The lowest BCUT2D eigenvalue weighted by molar-refractivity contribution is 1.32. The van der Waals surface area contributed by atoms with Gasteiger partial charge in [0.2, 0.25) is 0 Å². The van der Waals surface area contributed by atoms with Gasteiger partial charge in [-0.15, -0.1) is 0 Å². The van der Waals surface area contributed by atoms with Crippen LogP contribution in [0.4, 0.5) is 0 Å². The molecule has 2 nitrogen and oxygen atoms in total. The van der Waals surface area contributed by atoms with Gasteiger partial charge in [0.25, 0.3) is 0 Å². The summed E-state index contributed by atoms with van der Waals surface area (Å²) >= 11 is 0. The summed E-state index contributed by atoms with van der Waals surface area (Å²) in [5.41, 5.74) is 6.50. The molecular formula is C30H20N2. The SMILES string of the molecule is c1ccc(-c2cc3ccccc3cc2-c2cc3ccccc3cc2-c2ccccn2)nc1. The van der Waals surface area contributed by atoms with Gasteiger partial charge < -0.3 is 0 Å². The number of pyridine rings is 2. The molecule has 2 aromatic heterocycles. The van der Waals surface area contributed by atoms with E-state index in [9.17, 15) is 0 Å². The lowest BCUT2D eigenvalue weighted by Crippen LogP contribution is -1.93. The van der Waals surface area contributed by atoms with E-state index in [-0.39, 0.29) is 0 Å². The van der Waals surface area contributed by atoms with E-state index in [2.05, 4.69) is 84.9 Å². The first kappa shape index (κ1) is 18.5. The van der Waals surface area contributed by atoms with Crippen molar-refractivity contribution in [3.05, 3.63) is 122 Å². The third kappa shape index (κ3) is 3.23. The summed E-state index contributed by atoms with van der Waals surface area (Å²) in [6.07, 6.45) is 3.71. The van der Waals surface area contributed by atoms with Crippen molar-refractivity contribution >= 4 is 21.5 Å². The highest BCUT2D eigenvalue weighted by atomic mass is 14.7. The molecule has 4 aromatic carbocycles. The molecule has 0 unspecified atom stereocenters. The van der Waals surface area contributed by atoms with E-state index in [4.69, 9.17) is 9.97 Å². The van der Waals surface area contributed by atoms with Gasteiger partial charge in [0.05, 0.1) is 11.4 Å². The van der Waals surface area contributed by atoms with E-state index in [0.29, 0.717) is 0 Å². The lowest BCUT2D eigenvalue weighted by atomic mass is 9.88. The average molecular weight is 409 g/mol. The van der Waals surface area contributed by atoms with Crippen LogP contribution in [0.15, 0.2) is 122 Å². The van der Waals surface area contributed by atoms with Gasteiger partial charge in [-0.05, 0) is 81.2 Å². The maximum Gasteiger partial charge on any atom is 0.0708 e. The Kier molecular flexibility index (Phi) is 4.47. The highest BCUT2D eigenvalue weighted by Gasteiger charge is 2.16. The molecule has 0 saturated heterocycles. The number of fused-ring (bicyclic) bond motifs is 2. The normalized spacial score (nSPS) is 11.1. The molecule has 0 spiro atoms. The minimum Gasteiger partial charge on any atom is -0.256 e. The summed E-state index contributed by atoms with van der Waals surface area (Å²) in [4.78, 5) is 9.38. The van der Waals surface area contributed by atoms with Crippen LogP contribution < -0.4 is 0 Å². The Morgan fingerprint density at radius 2 is 0.688 bits per heavy atom. The van der Waals surface area contributed by atoms with Gasteiger partial charge in [0, 0.05) is 23.5 Å². The predicted molar refractivity (Wildman–Crippen MR) is 133 cm³/mol. The number of benzene rings is 4. The summed E-state index contributed by atoms with van der Waals surface area (Å²) in [6.45, 7) is 0. The molecule has 0 amide bonds. The molecule has 0 N–H and O–H groups in total. The summed E-state index contributed by atoms with van der Waals surface area (Å²) in [5, 5.41) is 4.83. The maximum absolute atomic E-state index is 4.69. The van der Waals surface area contributed by atoms with Crippen molar-refractivity contribution in [3.8, 4) is 33.6 Å². The van der Waals surface area contributed by atoms with Crippen molar-refractivity contribution in [2.24, 2.45) is 0 Å². The van der Waals surface area contributed by atoms with E-state index in [1.54, 1.807) is 0 Å². The first-order valence-electron chi connectivity index (χ1n) is 10.8. The minimum atomic E-state index is 0.966. The van der Waals surface area contributed by atoms with Gasteiger partial charge in [0.1, 0.15) is 0 Å². The molecule has 6 rings (SSSR count). The Morgan fingerprint density at radius 1 is 0.344 bits per heavy atom. The van der Waals surface area contributed by atoms with Gasteiger partial charge in [-0.25, -0.2) is 0 Å². The molecule has 2 heteroatoms. The number of hydrogen-bond acceptors (Lipinski definition) is 2. The van der Waals surface area contributed by atoms with Crippen LogP contribution in [0.2, 0.25) is 0 Å². The Morgan fingerprint density at radius 3 is 1.03 bits per heavy atom. The Labute approximate surface area is 186 Å². The van der Waals surface area contributed by atoms with Crippen molar-refractivity contribution in [1.29, 1.82) is 0 Å². The first-order chi connectivity index (χ1) is 15.9. The van der Waals surface area contributed by atoms with Crippen LogP contribution in [0.1, 0.15) is 0 Å². The molecule has 0 radical (unpaired) electrons. The predicted octanol–water partition coefficient (Wildman–Crippen LogP) is 7.78. The maximum atomic E-state index is 4.69. The summed E-state index contributed by atoms with van der Waals surface area (Å²) in [7, 11) is 0. The lowest BCUT2D eigenvalue weighted by Gasteiger charge is -2.17. The van der Waals surface area contributed by atoms with Crippen LogP contribution in [0.25, 0.3) is 55.2 Å². The molecule has 150 valence electrons. The fraction of sp³-hybridized carbons (Fsp3) is 0. The van der Waals surface area contributed by atoms with Gasteiger partial charge in [0.15, 0.2) is 0 Å². The van der Waals surface area contributed by atoms with Crippen LogP contribution in [-0.4, -0.2) is 9.97 Å². The molecule has 0 atom stereocenters. The molecular weight excluding hydrogens is 388 g/mol. The molecule has 0 saturated carbocycles. The van der Waals surface area contributed by atoms with E-state index in [0.717, 1.165) is 33.6 Å². The molecule has 0 fully saturated rings. The third-order valence-electron chi connectivity index (χ3n) is 5.94. The largest absolute Gasteiger partial charge is 0.256 e. The van der Waals surface area contributed by atoms with Gasteiger partial charge >= 0.3 is 0 Å². The molecule has 0 aliphatic carbocycles. The van der Waals surface area contributed by atoms with Crippen LogP contribution in [0.5, 0.6) is 0 Å². The molecule has 0 aliphatic rings. The molecule has 32 heavy (non-hydrogen) atoms. The Balaban J connectivity index is 1.73. The summed E-state index contributed by atoms with van der Waals surface area (Å²) < 4.78 is 0. The van der Waals surface area contributed by atoms with Crippen LogP contribution in [-0.2, 0) is 0 Å². The second-order valence-electron chi connectivity index (χ2n) is 7.92. The summed E-state index contributed by atoms with van der Waals surface area (Å²) in [5.74, 6) is 0. The van der Waals surface area contributed by atoms with Crippen molar-refractivity contribution in [3.63, 3.8) is 0 Å². The molecule has 6 aromatic rings. The Hall–Kier alpha value is -4.30. The quantitative estimate of drug-likeness (QED) is 0.299. The van der Waals surface area contributed by atoms with Crippen LogP contribution in [0.3, 0.4) is 0 Å².